The maximum atomic E-state index is 11.6. The zero-order valence-electron chi connectivity index (χ0n) is 15.2. The Hall–Kier alpha value is -1.75. The monoisotopic (exact) mass is 407 g/mol. The summed E-state index contributed by atoms with van der Waals surface area (Å²) in [4.78, 5) is 13.8. The molecule has 4 nitrogen and oxygen atoms in total. The number of rotatable bonds is 6. The molecule has 1 saturated heterocycles. The van der Waals surface area contributed by atoms with E-state index in [4.69, 9.17) is 27.9 Å². The average molecular weight is 408 g/mol. The van der Waals surface area contributed by atoms with Gasteiger partial charge in [-0.2, -0.15) is 0 Å². The molecule has 0 aliphatic carbocycles. The first-order valence-electron chi connectivity index (χ1n) is 9.14. The number of nitrogens with zero attached hydrogens (tertiary/aromatic N) is 1. The van der Waals surface area contributed by atoms with Gasteiger partial charge < -0.3 is 9.84 Å². The van der Waals surface area contributed by atoms with Crippen molar-refractivity contribution in [3.63, 3.8) is 0 Å². The highest BCUT2D eigenvalue weighted by Gasteiger charge is 2.32. The van der Waals surface area contributed by atoms with Crippen molar-refractivity contribution in [2.75, 3.05) is 19.7 Å². The summed E-state index contributed by atoms with van der Waals surface area (Å²) in [6.07, 6.45) is 1.54. The summed E-state index contributed by atoms with van der Waals surface area (Å²) in [5.74, 6) is -0.317. The molecule has 27 heavy (non-hydrogen) atoms. The number of hydrogen-bond acceptors (Lipinski definition) is 3. The molecule has 2 aromatic rings. The predicted octanol–water partition coefficient (Wildman–Crippen LogP) is 5.28. The Bertz CT molecular complexity index is 812. The molecule has 0 saturated carbocycles. The number of carbonyl (C=O) groups is 1. The van der Waals surface area contributed by atoms with Gasteiger partial charge in [-0.25, -0.2) is 0 Å². The molecule has 1 heterocycles. The van der Waals surface area contributed by atoms with Crippen molar-refractivity contribution >= 4 is 29.2 Å². The molecular weight excluding hydrogens is 385 g/mol. The topological polar surface area (TPSA) is 49.8 Å². The number of carboxylic acid groups (broad SMARTS) is 1. The highest BCUT2D eigenvalue weighted by Crippen LogP contribution is 2.39. The van der Waals surface area contributed by atoms with Crippen LogP contribution in [-0.4, -0.2) is 35.7 Å². The molecule has 1 aliphatic rings. The van der Waals surface area contributed by atoms with Crippen LogP contribution in [0.25, 0.3) is 0 Å². The fourth-order valence-electron chi connectivity index (χ4n) is 3.71. The van der Waals surface area contributed by atoms with E-state index < -0.39 is 5.97 Å². The number of likely N-dealkylation sites (tertiary alicyclic amines) is 1. The SMILES string of the molecule is CCOc1ccccc1C(c1ccc(Cl)c(Cl)c1)N1CCCC(C(=O)O)C1. The maximum absolute atomic E-state index is 11.6. The van der Waals surface area contributed by atoms with Gasteiger partial charge in [-0.05, 0) is 50.1 Å². The summed E-state index contributed by atoms with van der Waals surface area (Å²) in [6.45, 7) is 3.81. The number of halogens is 2. The van der Waals surface area contributed by atoms with E-state index >= 15 is 0 Å². The number of para-hydroxylation sites is 1. The summed E-state index contributed by atoms with van der Waals surface area (Å²) in [5, 5.41) is 10.5. The first-order valence-corrected chi connectivity index (χ1v) is 9.90. The highest BCUT2D eigenvalue weighted by molar-refractivity contribution is 6.42. The van der Waals surface area contributed by atoms with Crippen molar-refractivity contribution < 1.29 is 14.6 Å². The lowest BCUT2D eigenvalue weighted by atomic mass is 9.91. The molecule has 1 fully saturated rings. The molecule has 2 unspecified atom stereocenters. The summed E-state index contributed by atoms with van der Waals surface area (Å²) in [7, 11) is 0. The fourth-order valence-corrected chi connectivity index (χ4v) is 4.01. The van der Waals surface area contributed by atoms with E-state index in [1.165, 1.54) is 0 Å². The fraction of sp³-hybridized carbons (Fsp3) is 0.381. The Balaban J connectivity index is 2.06. The Morgan fingerprint density at radius 1 is 1.26 bits per heavy atom. The average Bonchev–Trinajstić information content (AvgIpc) is 2.66. The number of benzene rings is 2. The molecule has 0 amide bonds. The van der Waals surface area contributed by atoms with E-state index in [1.54, 1.807) is 6.07 Å². The normalized spacial score (nSPS) is 18.9. The Labute approximate surface area is 169 Å². The molecule has 3 rings (SSSR count). The van der Waals surface area contributed by atoms with Crippen molar-refractivity contribution in [2.24, 2.45) is 5.92 Å². The number of carboxylic acids is 1. The zero-order valence-corrected chi connectivity index (χ0v) is 16.7. The largest absolute Gasteiger partial charge is 0.494 e. The number of aliphatic carboxylic acids is 1. The summed E-state index contributed by atoms with van der Waals surface area (Å²) in [5.41, 5.74) is 1.98. The van der Waals surface area contributed by atoms with Crippen LogP contribution in [0.5, 0.6) is 5.75 Å². The van der Waals surface area contributed by atoms with Crippen molar-refractivity contribution in [3.8, 4) is 5.75 Å². The third-order valence-electron chi connectivity index (χ3n) is 4.94. The van der Waals surface area contributed by atoms with Crippen LogP contribution < -0.4 is 4.74 Å². The van der Waals surface area contributed by atoms with Gasteiger partial charge in [0.15, 0.2) is 0 Å². The minimum absolute atomic E-state index is 0.148. The van der Waals surface area contributed by atoms with Crippen molar-refractivity contribution in [1.29, 1.82) is 0 Å². The van der Waals surface area contributed by atoms with Crippen LogP contribution in [0.4, 0.5) is 0 Å². The molecule has 1 aliphatic heterocycles. The molecule has 144 valence electrons. The second kappa shape index (κ2) is 8.96. The van der Waals surface area contributed by atoms with Crippen molar-refractivity contribution in [2.45, 2.75) is 25.8 Å². The molecule has 2 atom stereocenters. The summed E-state index contributed by atoms with van der Waals surface area (Å²) < 4.78 is 5.86. The second-order valence-electron chi connectivity index (χ2n) is 6.72. The van der Waals surface area contributed by atoms with Gasteiger partial charge in [-0.15, -0.1) is 0 Å². The van der Waals surface area contributed by atoms with Crippen LogP contribution in [0.3, 0.4) is 0 Å². The molecule has 0 bridgehead atoms. The first-order chi connectivity index (χ1) is 13.0. The van der Waals surface area contributed by atoms with Gasteiger partial charge in [0.05, 0.1) is 28.6 Å². The Morgan fingerprint density at radius 3 is 2.74 bits per heavy atom. The standard InChI is InChI=1S/C21H23Cl2NO3/c1-2-27-19-8-4-3-7-16(19)20(14-9-10-17(22)18(23)12-14)24-11-5-6-15(13-24)21(25)26/h3-4,7-10,12,15,20H,2,5-6,11,13H2,1H3,(H,25,26). The lowest BCUT2D eigenvalue weighted by molar-refractivity contribution is -0.143. The van der Waals surface area contributed by atoms with Crippen LogP contribution in [0.15, 0.2) is 42.5 Å². The third kappa shape index (κ3) is 4.57. The van der Waals surface area contributed by atoms with Crippen molar-refractivity contribution in [3.05, 3.63) is 63.6 Å². The summed E-state index contributed by atoms with van der Waals surface area (Å²) >= 11 is 12.4. The van der Waals surface area contributed by atoms with Gasteiger partial charge in [0, 0.05) is 12.1 Å². The van der Waals surface area contributed by atoms with Gasteiger partial charge in [0.1, 0.15) is 5.75 Å². The van der Waals surface area contributed by atoms with Crippen LogP contribution >= 0.6 is 23.2 Å². The van der Waals surface area contributed by atoms with Gasteiger partial charge in [0.25, 0.3) is 0 Å². The number of hydrogen-bond donors (Lipinski definition) is 1. The second-order valence-corrected chi connectivity index (χ2v) is 7.53. The molecule has 0 radical (unpaired) electrons. The Morgan fingerprint density at radius 2 is 2.04 bits per heavy atom. The summed E-state index contributed by atoms with van der Waals surface area (Å²) in [6, 6.07) is 13.3. The van der Waals surface area contributed by atoms with Gasteiger partial charge in [0.2, 0.25) is 0 Å². The molecule has 0 aromatic heterocycles. The van der Waals surface area contributed by atoms with Crippen LogP contribution in [0.2, 0.25) is 10.0 Å². The Kier molecular flexibility index (Phi) is 6.64. The molecule has 0 spiro atoms. The third-order valence-corrected chi connectivity index (χ3v) is 5.68. The molecule has 1 N–H and O–H groups in total. The van der Waals surface area contributed by atoms with Gasteiger partial charge >= 0.3 is 5.97 Å². The van der Waals surface area contributed by atoms with Crippen LogP contribution in [-0.2, 0) is 4.79 Å². The molecule has 2 aromatic carbocycles. The predicted molar refractivity (Wildman–Crippen MR) is 108 cm³/mol. The smallest absolute Gasteiger partial charge is 0.307 e. The minimum atomic E-state index is -0.745. The van der Waals surface area contributed by atoms with E-state index in [1.807, 2.05) is 43.3 Å². The van der Waals surface area contributed by atoms with Gasteiger partial charge in [-0.1, -0.05) is 47.5 Å². The van der Waals surface area contributed by atoms with E-state index in [0.717, 1.165) is 29.8 Å². The first kappa shape index (κ1) is 20.0. The zero-order chi connectivity index (χ0) is 19.4. The maximum Gasteiger partial charge on any atom is 0.307 e. The van der Waals surface area contributed by atoms with E-state index in [9.17, 15) is 9.90 Å². The van der Waals surface area contributed by atoms with Crippen molar-refractivity contribution in [1.82, 2.24) is 4.90 Å². The molecular formula is C21H23Cl2NO3. The minimum Gasteiger partial charge on any atom is -0.494 e. The lowest BCUT2D eigenvalue weighted by Crippen LogP contribution is -2.41. The highest BCUT2D eigenvalue weighted by atomic mass is 35.5. The van der Waals surface area contributed by atoms with Crippen LogP contribution in [0.1, 0.15) is 36.9 Å². The van der Waals surface area contributed by atoms with E-state index in [2.05, 4.69) is 4.90 Å². The van der Waals surface area contributed by atoms with Gasteiger partial charge in [-0.3, -0.25) is 9.69 Å². The van der Waals surface area contributed by atoms with Crippen LogP contribution in [0, 0.1) is 5.92 Å². The number of ether oxygens (including phenoxy) is 1. The lowest BCUT2D eigenvalue weighted by Gasteiger charge is -2.38. The quantitative estimate of drug-likeness (QED) is 0.707. The van der Waals surface area contributed by atoms with E-state index in [0.29, 0.717) is 29.6 Å². The van der Waals surface area contributed by atoms with E-state index in [-0.39, 0.29) is 12.0 Å². The molecule has 6 heteroatoms. The number of piperidine rings is 1.